The van der Waals surface area contributed by atoms with Crippen LogP contribution >= 0.6 is 11.6 Å². The third-order valence-electron chi connectivity index (χ3n) is 0.905. The predicted molar refractivity (Wildman–Crippen MR) is 34.9 cm³/mol. The van der Waals surface area contributed by atoms with Crippen LogP contribution in [0.3, 0.4) is 0 Å². The summed E-state index contributed by atoms with van der Waals surface area (Å²) in [5, 5.41) is 12.2. The first-order chi connectivity index (χ1) is 4.68. The summed E-state index contributed by atoms with van der Waals surface area (Å²) in [5.74, 6) is -0.931. The van der Waals surface area contributed by atoms with Gasteiger partial charge in [0.1, 0.15) is 6.54 Å². The van der Waals surface area contributed by atoms with Crippen molar-refractivity contribution in [1.29, 1.82) is 0 Å². The highest BCUT2D eigenvalue weighted by Gasteiger charge is 1.99. The van der Waals surface area contributed by atoms with E-state index in [2.05, 4.69) is 5.10 Å². The lowest BCUT2D eigenvalue weighted by atomic mass is 10.6. The molecule has 0 amide bonds. The van der Waals surface area contributed by atoms with Crippen molar-refractivity contribution in [2.24, 2.45) is 0 Å². The van der Waals surface area contributed by atoms with Gasteiger partial charge in [0.2, 0.25) is 0 Å². The molecule has 1 heterocycles. The number of rotatable bonds is 2. The van der Waals surface area contributed by atoms with Crippen LogP contribution in [0.1, 0.15) is 0 Å². The molecule has 0 saturated heterocycles. The number of halogens is 1. The molecule has 1 aromatic heterocycles. The summed E-state index contributed by atoms with van der Waals surface area (Å²) in [6.07, 6.45) is 1.51. The van der Waals surface area contributed by atoms with Crippen LogP contribution in [-0.4, -0.2) is 20.9 Å². The molecule has 0 atom stereocenters. The quantitative estimate of drug-likeness (QED) is 0.690. The van der Waals surface area contributed by atoms with E-state index < -0.39 is 5.97 Å². The maximum absolute atomic E-state index is 10.1. The molecule has 0 spiro atoms. The van der Waals surface area contributed by atoms with Crippen molar-refractivity contribution >= 4 is 17.6 Å². The molecule has 0 aliphatic heterocycles. The zero-order chi connectivity index (χ0) is 7.56. The van der Waals surface area contributed by atoms with Crippen molar-refractivity contribution in [2.75, 3.05) is 0 Å². The van der Waals surface area contributed by atoms with E-state index in [-0.39, 0.29) is 6.54 Å². The van der Waals surface area contributed by atoms with Gasteiger partial charge in [-0.25, -0.2) is 0 Å². The molecular weight excluding hydrogens is 156 g/mol. The summed E-state index contributed by atoms with van der Waals surface area (Å²) in [7, 11) is 0. The molecule has 54 valence electrons. The van der Waals surface area contributed by atoms with Crippen LogP contribution in [0.5, 0.6) is 0 Å². The minimum absolute atomic E-state index is 0.146. The molecule has 0 unspecified atom stereocenters. The zero-order valence-corrected chi connectivity index (χ0v) is 5.75. The summed E-state index contributed by atoms with van der Waals surface area (Å²) >= 11 is 5.42. The van der Waals surface area contributed by atoms with Gasteiger partial charge in [0.05, 0.1) is 0 Å². The Kier molecular flexibility index (Phi) is 1.91. The molecule has 0 fully saturated rings. The van der Waals surface area contributed by atoms with Gasteiger partial charge < -0.3 is 5.11 Å². The first-order valence-electron chi connectivity index (χ1n) is 2.59. The molecule has 10 heavy (non-hydrogen) atoms. The Hall–Kier alpha value is -1.03. The molecule has 4 nitrogen and oxygen atoms in total. The molecule has 0 saturated carbocycles. The van der Waals surface area contributed by atoms with Crippen molar-refractivity contribution < 1.29 is 9.90 Å². The third-order valence-corrected chi connectivity index (χ3v) is 1.11. The SMILES string of the molecule is O=C(O)Cn1ccc(Cl)n1. The van der Waals surface area contributed by atoms with Gasteiger partial charge in [-0.2, -0.15) is 5.10 Å². The zero-order valence-electron chi connectivity index (χ0n) is 4.99. The van der Waals surface area contributed by atoms with Gasteiger partial charge in [-0.15, -0.1) is 0 Å². The van der Waals surface area contributed by atoms with E-state index in [1.807, 2.05) is 0 Å². The van der Waals surface area contributed by atoms with Gasteiger partial charge in [-0.1, -0.05) is 11.6 Å². The molecule has 0 aliphatic rings. The van der Waals surface area contributed by atoms with Crippen LogP contribution < -0.4 is 0 Å². The normalized spacial score (nSPS) is 9.70. The van der Waals surface area contributed by atoms with Gasteiger partial charge >= 0.3 is 5.97 Å². The Morgan fingerprint density at radius 3 is 3.00 bits per heavy atom. The number of hydrogen-bond donors (Lipinski definition) is 1. The number of aromatic nitrogens is 2. The lowest BCUT2D eigenvalue weighted by Gasteiger charge is -1.91. The van der Waals surface area contributed by atoms with E-state index in [9.17, 15) is 4.79 Å². The van der Waals surface area contributed by atoms with E-state index in [1.54, 1.807) is 0 Å². The Balaban J connectivity index is 2.67. The number of carbonyl (C=O) groups is 1. The Labute approximate surface area is 62.0 Å². The van der Waals surface area contributed by atoms with Gasteiger partial charge in [0.15, 0.2) is 5.15 Å². The van der Waals surface area contributed by atoms with E-state index >= 15 is 0 Å². The second-order valence-electron chi connectivity index (χ2n) is 1.73. The number of aliphatic carboxylic acids is 1. The largest absolute Gasteiger partial charge is 0.480 e. The summed E-state index contributed by atoms with van der Waals surface area (Å²) in [6.45, 7) is -0.146. The first kappa shape index (κ1) is 7.08. The van der Waals surface area contributed by atoms with Crippen LogP contribution in [0.15, 0.2) is 12.3 Å². The highest BCUT2D eigenvalue weighted by molar-refractivity contribution is 6.29. The molecule has 0 aliphatic carbocycles. The third kappa shape index (κ3) is 1.73. The second-order valence-corrected chi connectivity index (χ2v) is 2.12. The predicted octanol–water partition coefficient (Wildman–Crippen LogP) is 0.621. The Morgan fingerprint density at radius 1 is 1.90 bits per heavy atom. The maximum Gasteiger partial charge on any atom is 0.325 e. The van der Waals surface area contributed by atoms with Crippen molar-refractivity contribution in [3.63, 3.8) is 0 Å². The van der Waals surface area contributed by atoms with E-state index in [0.29, 0.717) is 5.15 Å². The van der Waals surface area contributed by atoms with Crippen molar-refractivity contribution in [2.45, 2.75) is 6.54 Å². The van der Waals surface area contributed by atoms with Gasteiger partial charge in [0.25, 0.3) is 0 Å². The fraction of sp³-hybridized carbons (Fsp3) is 0.200. The minimum atomic E-state index is -0.931. The molecule has 1 aromatic rings. The second kappa shape index (κ2) is 2.70. The minimum Gasteiger partial charge on any atom is -0.480 e. The summed E-state index contributed by atoms with van der Waals surface area (Å²) in [4.78, 5) is 10.1. The van der Waals surface area contributed by atoms with Gasteiger partial charge in [0, 0.05) is 6.20 Å². The van der Waals surface area contributed by atoms with E-state index in [4.69, 9.17) is 16.7 Å². The lowest BCUT2D eigenvalue weighted by Crippen LogP contribution is -2.08. The summed E-state index contributed by atoms with van der Waals surface area (Å²) in [6, 6.07) is 1.53. The van der Waals surface area contributed by atoms with Gasteiger partial charge in [-0.05, 0) is 6.07 Å². The lowest BCUT2D eigenvalue weighted by molar-refractivity contribution is -0.137. The number of nitrogens with zero attached hydrogens (tertiary/aromatic N) is 2. The number of carboxylic acids is 1. The van der Waals surface area contributed by atoms with Crippen LogP contribution in [0.25, 0.3) is 0 Å². The van der Waals surface area contributed by atoms with Gasteiger partial charge in [-0.3, -0.25) is 9.48 Å². The van der Waals surface area contributed by atoms with Crippen LogP contribution in [0.2, 0.25) is 5.15 Å². The maximum atomic E-state index is 10.1. The fourth-order valence-electron chi connectivity index (χ4n) is 0.564. The van der Waals surface area contributed by atoms with Crippen LogP contribution in [0.4, 0.5) is 0 Å². The number of hydrogen-bond acceptors (Lipinski definition) is 2. The Morgan fingerprint density at radius 2 is 2.60 bits per heavy atom. The van der Waals surface area contributed by atoms with Crippen molar-refractivity contribution in [3.8, 4) is 0 Å². The Bertz CT molecular complexity index is 246. The summed E-state index contributed by atoms with van der Waals surface area (Å²) < 4.78 is 1.25. The molecule has 0 bridgehead atoms. The smallest absolute Gasteiger partial charge is 0.325 e. The van der Waals surface area contributed by atoms with E-state index in [1.165, 1.54) is 16.9 Å². The fourth-order valence-corrected chi connectivity index (χ4v) is 0.717. The molecule has 5 heteroatoms. The highest BCUT2D eigenvalue weighted by Crippen LogP contribution is 2.01. The first-order valence-corrected chi connectivity index (χ1v) is 2.97. The highest BCUT2D eigenvalue weighted by atomic mass is 35.5. The average Bonchev–Trinajstić information content (AvgIpc) is 2.13. The molecular formula is C5H5ClN2O2. The van der Waals surface area contributed by atoms with Crippen molar-refractivity contribution in [1.82, 2.24) is 9.78 Å². The standard InChI is InChI=1S/C5H5ClN2O2/c6-4-1-2-8(7-4)3-5(9)10/h1-2H,3H2,(H,9,10). The molecule has 0 radical (unpaired) electrons. The molecule has 0 aromatic carbocycles. The monoisotopic (exact) mass is 160 g/mol. The molecule has 1 N–H and O–H groups in total. The van der Waals surface area contributed by atoms with Crippen LogP contribution in [-0.2, 0) is 11.3 Å². The number of carboxylic acid groups (broad SMARTS) is 1. The van der Waals surface area contributed by atoms with Crippen LogP contribution in [0, 0.1) is 0 Å². The average molecular weight is 161 g/mol. The molecule has 1 rings (SSSR count). The summed E-state index contributed by atoms with van der Waals surface area (Å²) in [5.41, 5.74) is 0. The van der Waals surface area contributed by atoms with E-state index in [0.717, 1.165) is 0 Å². The topological polar surface area (TPSA) is 55.1 Å². The van der Waals surface area contributed by atoms with Crippen molar-refractivity contribution in [3.05, 3.63) is 17.4 Å².